The Morgan fingerprint density at radius 1 is 1.00 bits per heavy atom. The van der Waals surface area contributed by atoms with E-state index in [1.165, 1.54) is 29.0 Å². The molecule has 1 aromatic heterocycles. The third-order valence-electron chi connectivity index (χ3n) is 4.03. The number of aromatic nitrogens is 2. The van der Waals surface area contributed by atoms with E-state index in [1.54, 1.807) is 30.0 Å². The lowest BCUT2D eigenvalue weighted by molar-refractivity contribution is -0.115. The molecule has 0 aliphatic rings. The summed E-state index contributed by atoms with van der Waals surface area (Å²) < 4.78 is 25.3. The molecular formula is C20H21N3O3S3. The van der Waals surface area contributed by atoms with Crippen molar-refractivity contribution in [2.75, 3.05) is 16.8 Å². The van der Waals surface area contributed by atoms with Crippen LogP contribution in [0.2, 0.25) is 0 Å². The molecule has 0 bridgehead atoms. The predicted molar refractivity (Wildman–Crippen MR) is 117 cm³/mol. The van der Waals surface area contributed by atoms with Gasteiger partial charge in [0.15, 0.2) is 14.2 Å². The summed E-state index contributed by atoms with van der Waals surface area (Å²) in [5.74, 6) is 0.275. The van der Waals surface area contributed by atoms with Crippen LogP contribution in [-0.4, -0.2) is 36.0 Å². The number of aryl methyl sites for hydroxylation is 1. The highest BCUT2D eigenvalue weighted by atomic mass is 32.2. The van der Waals surface area contributed by atoms with E-state index in [2.05, 4.69) is 27.6 Å². The molecule has 9 heteroatoms. The number of thioether (sulfide) groups is 1. The number of anilines is 1. The molecule has 1 amide bonds. The van der Waals surface area contributed by atoms with Crippen molar-refractivity contribution >= 4 is 44.0 Å². The van der Waals surface area contributed by atoms with E-state index in [0.29, 0.717) is 5.13 Å². The van der Waals surface area contributed by atoms with E-state index < -0.39 is 9.84 Å². The Hall–Kier alpha value is -2.23. The Morgan fingerprint density at radius 2 is 1.69 bits per heavy atom. The smallest absolute Gasteiger partial charge is 0.227 e. The summed E-state index contributed by atoms with van der Waals surface area (Å²) in [5.41, 5.74) is 1.31. The topological polar surface area (TPSA) is 89.0 Å². The number of nitrogens with one attached hydrogen (secondary N) is 1. The second-order valence-corrected chi connectivity index (χ2v) is 10.7. The first-order chi connectivity index (χ1) is 14.0. The molecule has 6 nitrogen and oxygen atoms in total. The van der Waals surface area contributed by atoms with Crippen LogP contribution < -0.4 is 5.32 Å². The number of rotatable bonds is 10. The summed E-state index contributed by atoms with van der Waals surface area (Å²) in [7, 11) is -3.48. The van der Waals surface area contributed by atoms with E-state index in [4.69, 9.17) is 0 Å². The molecule has 0 spiro atoms. The van der Waals surface area contributed by atoms with E-state index in [-0.39, 0.29) is 23.0 Å². The maximum Gasteiger partial charge on any atom is 0.227 e. The van der Waals surface area contributed by atoms with Gasteiger partial charge >= 0.3 is 0 Å². The fraction of sp³-hybridized carbons (Fsp3) is 0.250. The molecule has 0 atom stereocenters. The molecule has 152 valence electrons. The maximum absolute atomic E-state index is 12.2. The Labute approximate surface area is 178 Å². The van der Waals surface area contributed by atoms with Gasteiger partial charge in [-0.05, 0) is 30.5 Å². The summed E-state index contributed by atoms with van der Waals surface area (Å²) in [6.07, 6.45) is 1.90. The fourth-order valence-corrected chi connectivity index (χ4v) is 5.59. The van der Waals surface area contributed by atoms with Crippen molar-refractivity contribution in [2.24, 2.45) is 0 Å². The number of hydrogen-bond donors (Lipinski definition) is 1. The summed E-state index contributed by atoms with van der Waals surface area (Å²) in [4.78, 5) is 12.3. The lowest BCUT2D eigenvalue weighted by atomic mass is 10.1. The van der Waals surface area contributed by atoms with E-state index in [0.717, 1.165) is 22.9 Å². The molecule has 3 rings (SSSR count). The van der Waals surface area contributed by atoms with Crippen LogP contribution in [0.25, 0.3) is 0 Å². The van der Waals surface area contributed by atoms with Crippen LogP contribution in [0.1, 0.15) is 18.4 Å². The third kappa shape index (κ3) is 6.95. The second-order valence-electron chi connectivity index (χ2n) is 6.24. The fourth-order valence-electron chi connectivity index (χ4n) is 2.55. The first kappa shape index (κ1) is 21.5. The van der Waals surface area contributed by atoms with Gasteiger partial charge in [-0.2, -0.15) is 0 Å². The average Bonchev–Trinajstić information content (AvgIpc) is 3.18. The second kappa shape index (κ2) is 10.5. The lowest BCUT2D eigenvalue weighted by Gasteiger charge is -2.04. The summed E-state index contributed by atoms with van der Waals surface area (Å²) in [6.45, 7) is 0. The number of sulfone groups is 1. The van der Waals surface area contributed by atoms with Crippen molar-refractivity contribution < 1.29 is 13.2 Å². The van der Waals surface area contributed by atoms with Gasteiger partial charge in [0, 0.05) is 12.2 Å². The van der Waals surface area contributed by atoms with Gasteiger partial charge in [-0.25, -0.2) is 8.42 Å². The Balaban J connectivity index is 1.40. The van der Waals surface area contributed by atoms with Crippen molar-refractivity contribution in [1.82, 2.24) is 10.2 Å². The van der Waals surface area contributed by atoms with Gasteiger partial charge < -0.3 is 5.32 Å². The van der Waals surface area contributed by atoms with Crippen LogP contribution in [-0.2, 0) is 21.1 Å². The highest BCUT2D eigenvalue weighted by Crippen LogP contribution is 2.26. The zero-order valence-electron chi connectivity index (χ0n) is 15.7. The maximum atomic E-state index is 12.2. The van der Waals surface area contributed by atoms with Gasteiger partial charge in [-0.15, -0.1) is 10.2 Å². The van der Waals surface area contributed by atoms with Crippen molar-refractivity contribution in [1.29, 1.82) is 0 Å². The molecule has 0 aliphatic heterocycles. The quantitative estimate of drug-likeness (QED) is 0.286. The Morgan fingerprint density at radius 3 is 2.41 bits per heavy atom. The number of carbonyl (C=O) groups excluding carboxylic acids is 1. The molecule has 0 saturated heterocycles. The monoisotopic (exact) mass is 447 g/mol. The SMILES string of the molecule is O=C(CCS(=O)(=O)c1ccccc1)Nc1nnc(SCCCc2ccccc2)s1. The number of benzene rings is 2. The van der Waals surface area contributed by atoms with E-state index in [9.17, 15) is 13.2 Å². The summed E-state index contributed by atoms with van der Waals surface area (Å²) in [5, 5.41) is 11.0. The predicted octanol–water partition coefficient (Wildman–Crippen LogP) is 4.07. The minimum absolute atomic E-state index is 0.129. The summed E-state index contributed by atoms with van der Waals surface area (Å²) >= 11 is 2.90. The first-order valence-corrected chi connectivity index (χ1v) is 12.6. The molecule has 0 fully saturated rings. The zero-order valence-corrected chi connectivity index (χ0v) is 18.1. The van der Waals surface area contributed by atoms with Gasteiger partial charge in [0.2, 0.25) is 11.0 Å². The number of nitrogens with zero attached hydrogens (tertiary/aromatic N) is 2. The molecule has 3 aromatic rings. The lowest BCUT2D eigenvalue weighted by Crippen LogP contribution is -2.17. The van der Waals surface area contributed by atoms with Crippen molar-refractivity contribution in [3.63, 3.8) is 0 Å². The molecule has 0 radical (unpaired) electrons. The van der Waals surface area contributed by atoms with Crippen LogP contribution in [0, 0.1) is 0 Å². The highest BCUT2D eigenvalue weighted by Gasteiger charge is 2.17. The Kier molecular flexibility index (Phi) is 7.79. The molecule has 0 unspecified atom stereocenters. The van der Waals surface area contributed by atoms with Gasteiger partial charge in [0.25, 0.3) is 0 Å². The van der Waals surface area contributed by atoms with Crippen LogP contribution in [0.4, 0.5) is 5.13 Å². The number of hydrogen-bond acceptors (Lipinski definition) is 7. The first-order valence-electron chi connectivity index (χ1n) is 9.11. The molecule has 2 aromatic carbocycles. The van der Waals surface area contributed by atoms with Crippen LogP contribution in [0.15, 0.2) is 69.9 Å². The van der Waals surface area contributed by atoms with Crippen LogP contribution in [0.5, 0.6) is 0 Å². The number of amides is 1. The van der Waals surface area contributed by atoms with E-state index in [1.807, 2.05) is 18.2 Å². The zero-order chi connectivity index (χ0) is 20.5. The van der Waals surface area contributed by atoms with Gasteiger partial charge in [-0.1, -0.05) is 71.6 Å². The molecule has 1 heterocycles. The van der Waals surface area contributed by atoms with Crippen LogP contribution in [0.3, 0.4) is 0 Å². The molecule has 0 saturated carbocycles. The normalized spacial score (nSPS) is 11.3. The van der Waals surface area contributed by atoms with Gasteiger partial charge in [0.1, 0.15) is 0 Å². The Bertz CT molecular complexity index is 1020. The van der Waals surface area contributed by atoms with Crippen LogP contribution >= 0.6 is 23.1 Å². The minimum atomic E-state index is -3.48. The minimum Gasteiger partial charge on any atom is -0.300 e. The summed E-state index contributed by atoms with van der Waals surface area (Å²) in [6, 6.07) is 18.4. The molecule has 0 aliphatic carbocycles. The van der Waals surface area contributed by atoms with Gasteiger partial charge in [-0.3, -0.25) is 4.79 Å². The standard InChI is InChI=1S/C20H21N3O3S3/c24-18(13-15-29(25,26)17-11-5-2-6-12-17)21-19-22-23-20(28-19)27-14-7-10-16-8-3-1-4-9-16/h1-6,8-9,11-12H,7,10,13-15H2,(H,21,22,24). The highest BCUT2D eigenvalue weighted by molar-refractivity contribution is 8.01. The number of carbonyl (C=O) groups is 1. The largest absolute Gasteiger partial charge is 0.300 e. The van der Waals surface area contributed by atoms with Crippen molar-refractivity contribution in [2.45, 2.75) is 28.5 Å². The third-order valence-corrected chi connectivity index (χ3v) is 7.82. The van der Waals surface area contributed by atoms with Crippen molar-refractivity contribution in [3.8, 4) is 0 Å². The van der Waals surface area contributed by atoms with E-state index >= 15 is 0 Å². The molecular weight excluding hydrogens is 426 g/mol. The van der Waals surface area contributed by atoms with Crippen molar-refractivity contribution in [3.05, 3.63) is 66.2 Å². The van der Waals surface area contributed by atoms with Gasteiger partial charge in [0.05, 0.1) is 10.6 Å². The molecule has 29 heavy (non-hydrogen) atoms. The average molecular weight is 448 g/mol. The molecule has 1 N–H and O–H groups in total.